The number of carbonyl (C=O) groups is 2. The average Bonchev–Trinajstić information content (AvgIpc) is 2.98. The fourth-order valence-electron chi connectivity index (χ4n) is 4.39. The summed E-state index contributed by atoms with van der Waals surface area (Å²) in [4.78, 5) is 28.9. The maximum Gasteiger partial charge on any atom is 0.264 e. The third-order valence-corrected chi connectivity index (χ3v) is 8.55. The summed E-state index contributed by atoms with van der Waals surface area (Å²) in [7, 11) is -4.18. The van der Waals surface area contributed by atoms with Crippen molar-refractivity contribution in [3.05, 3.63) is 89.4 Å². The van der Waals surface area contributed by atoms with Crippen LogP contribution in [-0.2, 0) is 26.2 Å². The van der Waals surface area contributed by atoms with Crippen LogP contribution in [0.4, 0.5) is 5.69 Å². The zero-order chi connectivity index (χ0) is 29.8. The molecule has 3 rings (SSSR count). The van der Waals surface area contributed by atoms with E-state index >= 15 is 0 Å². The third kappa shape index (κ3) is 8.47. The van der Waals surface area contributed by atoms with Crippen molar-refractivity contribution in [3.63, 3.8) is 0 Å². The minimum Gasteiger partial charge on any atom is -0.492 e. The van der Waals surface area contributed by atoms with E-state index in [1.54, 1.807) is 73.7 Å². The number of anilines is 1. The Labute approximate surface area is 248 Å². The third-order valence-electron chi connectivity index (χ3n) is 6.53. The minimum absolute atomic E-state index is 0.0349. The highest BCUT2D eigenvalue weighted by molar-refractivity contribution is 7.92. The number of unbranched alkanes of at least 4 members (excludes halogenated alkanes) is 1. The number of para-hydroxylation sites is 2. The maximum atomic E-state index is 14.2. The standard InChI is InChI=1S/C31H38ClN3O5S/c1-4-7-21-33-31(37)27(5-2)34(22-24-17-19-25(32)20-18-24)30(36)23-35(28-15-11-12-16-29(28)40-6-3)41(38,39)26-13-9-8-10-14-26/h8-20,27H,4-7,21-23H2,1-3H3,(H,33,37)/t27-/m0/s1. The molecule has 0 bridgehead atoms. The molecular weight excluding hydrogens is 562 g/mol. The van der Waals surface area contributed by atoms with Crippen LogP contribution < -0.4 is 14.4 Å². The van der Waals surface area contributed by atoms with Crippen LogP contribution in [0, 0.1) is 0 Å². The molecule has 8 nitrogen and oxygen atoms in total. The van der Waals surface area contributed by atoms with Gasteiger partial charge in [0.05, 0.1) is 17.2 Å². The molecule has 0 heterocycles. The molecule has 10 heteroatoms. The number of nitrogens with zero attached hydrogens (tertiary/aromatic N) is 2. The number of halogens is 1. The molecule has 0 saturated heterocycles. The molecule has 220 valence electrons. The number of hydrogen-bond donors (Lipinski definition) is 1. The van der Waals surface area contributed by atoms with Gasteiger partial charge in [-0.05, 0) is 61.7 Å². The summed E-state index contributed by atoms with van der Waals surface area (Å²) in [5.74, 6) is -0.477. The minimum atomic E-state index is -4.18. The molecular formula is C31H38ClN3O5S. The second-order valence-electron chi connectivity index (χ2n) is 9.44. The van der Waals surface area contributed by atoms with E-state index in [1.165, 1.54) is 17.0 Å². The van der Waals surface area contributed by atoms with Gasteiger partial charge in [-0.2, -0.15) is 0 Å². The molecule has 0 spiro atoms. The maximum absolute atomic E-state index is 14.2. The first-order chi connectivity index (χ1) is 19.7. The number of ether oxygens (including phenoxy) is 1. The Morgan fingerprint density at radius 2 is 1.59 bits per heavy atom. The fraction of sp³-hybridized carbons (Fsp3) is 0.355. The van der Waals surface area contributed by atoms with E-state index in [4.69, 9.17) is 16.3 Å². The van der Waals surface area contributed by atoms with Gasteiger partial charge in [-0.25, -0.2) is 8.42 Å². The lowest BCUT2D eigenvalue weighted by molar-refractivity contribution is -0.140. The summed E-state index contributed by atoms with van der Waals surface area (Å²) in [6.45, 7) is 6.02. The largest absolute Gasteiger partial charge is 0.492 e. The number of amides is 2. The Morgan fingerprint density at radius 3 is 2.22 bits per heavy atom. The number of rotatable bonds is 15. The zero-order valence-electron chi connectivity index (χ0n) is 23.8. The van der Waals surface area contributed by atoms with Gasteiger partial charge in [-0.3, -0.25) is 13.9 Å². The van der Waals surface area contributed by atoms with Crippen LogP contribution in [0.15, 0.2) is 83.8 Å². The Morgan fingerprint density at radius 1 is 0.927 bits per heavy atom. The zero-order valence-corrected chi connectivity index (χ0v) is 25.3. The fourth-order valence-corrected chi connectivity index (χ4v) is 5.96. The predicted molar refractivity (Wildman–Crippen MR) is 163 cm³/mol. The first-order valence-electron chi connectivity index (χ1n) is 13.8. The van der Waals surface area contributed by atoms with Crippen molar-refractivity contribution in [1.82, 2.24) is 10.2 Å². The molecule has 2 amide bonds. The summed E-state index contributed by atoms with van der Waals surface area (Å²) in [5, 5.41) is 3.47. The second kappa shape index (κ2) is 15.4. The molecule has 0 aliphatic heterocycles. The highest BCUT2D eigenvalue weighted by Crippen LogP contribution is 2.33. The summed E-state index contributed by atoms with van der Waals surface area (Å²) >= 11 is 6.08. The van der Waals surface area contributed by atoms with Crippen LogP contribution in [0.1, 0.15) is 45.6 Å². The molecule has 0 aliphatic carbocycles. The Balaban J connectivity index is 2.06. The highest BCUT2D eigenvalue weighted by Gasteiger charge is 2.34. The van der Waals surface area contributed by atoms with Gasteiger partial charge in [-0.15, -0.1) is 0 Å². The van der Waals surface area contributed by atoms with Crippen LogP contribution in [0.3, 0.4) is 0 Å². The van der Waals surface area contributed by atoms with Crippen LogP contribution in [0.2, 0.25) is 5.02 Å². The number of sulfonamides is 1. The van der Waals surface area contributed by atoms with E-state index in [0.29, 0.717) is 30.3 Å². The highest BCUT2D eigenvalue weighted by atomic mass is 35.5. The molecule has 3 aromatic rings. The lowest BCUT2D eigenvalue weighted by Gasteiger charge is -2.33. The topological polar surface area (TPSA) is 96.0 Å². The van der Waals surface area contributed by atoms with Crippen molar-refractivity contribution in [3.8, 4) is 5.75 Å². The van der Waals surface area contributed by atoms with Gasteiger partial charge in [0.25, 0.3) is 10.0 Å². The van der Waals surface area contributed by atoms with Crippen molar-refractivity contribution >= 4 is 39.1 Å². The number of hydrogen-bond acceptors (Lipinski definition) is 5. The van der Waals surface area contributed by atoms with Gasteiger partial charge < -0.3 is 15.0 Å². The van der Waals surface area contributed by atoms with E-state index in [2.05, 4.69) is 5.32 Å². The molecule has 41 heavy (non-hydrogen) atoms. The Hall–Kier alpha value is -3.56. The van der Waals surface area contributed by atoms with Gasteiger partial charge in [0.15, 0.2) is 0 Å². The summed E-state index contributed by atoms with van der Waals surface area (Å²) in [6, 6.07) is 20.8. The molecule has 0 fully saturated rings. The average molecular weight is 600 g/mol. The molecule has 0 aliphatic rings. The van der Waals surface area contributed by atoms with E-state index in [9.17, 15) is 18.0 Å². The lowest BCUT2D eigenvalue weighted by atomic mass is 10.1. The molecule has 0 radical (unpaired) electrons. The van der Waals surface area contributed by atoms with E-state index < -0.39 is 28.5 Å². The second-order valence-corrected chi connectivity index (χ2v) is 11.7. The first-order valence-corrected chi connectivity index (χ1v) is 15.7. The predicted octanol–water partition coefficient (Wildman–Crippen LogP) is 5.66. The number of carbonyl (C=O) groups excluding carboxylic acids is 2. The van der Waals surface area contributed by atoms with Crippen molar-refractivity contribution in [1.29, 1.82) is 0 Å². The molecule has 3 aromatic carbocycles. The molecule has 0 unspecified atom stereocenters. The van der Waals surface area contributed by atoms with Gasteiger partial charge in [-0.1, -0.05) is 74.3 Å². The van der Waals surface area contributed by atoms with Crippen molar-refractivity contribution in [2.24, 2.45) is 0 Å². The SMILES string of the molecule is CCCCNC(=O)[C@H](CC)N(Cc1ccc(Cl)cc1)C(=O)CN(c1ccccc1OCC)S(=O)(=O)c1ccccc1. The van der Waals surface area contributed by atoms with Crippen LogP contribution >= 0.6 is 11.6 Å². The van der Waals surface area contributed by atoms with Crippen molar-refractivity contribution in [2.75, 3.05) is 24.0 Å². The monoisotopic (exact) mass is 599 g/mol. The van der Waals surface area contributed by atoms with Crippen molar-refractivity contribution < 1.29 is 22.7 Å². The molecule has 0 saturated carbocycles. The normalized spacial score (nSPS) is 11.9. The van der Waals surface area contributed by atoms with Gasteiger partial charge >= 0.3 is 0 Å². The summed E-state index contributed by atoms with van der Waals surface area (Å²) in [5.41, 5.74) is 0.994. The van der Waals surface area contributed by atoms with Gasteiger partial charge in [0.2, 0.25) is 11.8 Å². The Kier molecular flexibility index (Phi) is 12.0. The van der Waals surface area contributed by atoms with Crippen LogP contribution in [-0.4, -0.2) is 50.9 Å². The molecule has 1 N–H and O–H groups in total. The summed E-state index contributed by atoms with van der Waals surface area (Å²) in [6.07, 6.45) is 2.07. The van der Waals surface area contributed by atoms with Gasteiger partial charge in [0, 0.05) is 18.1 Å². The lowest BCUT2D eigenvalue weighted by Crippen LogP contribution is -2.52. The van der Waals surface area contributed by atoms with E-state index in [1.807, 2.05) is 13.8 Å². The Bertz CT molecular complexity index is 1380. The number of benzene rings is 3. The number of nitrogens with one attached hydrogen (secondary N) is 1. The van der Waals surface area contributed by atoms with Crippen LogP contribution in [0.5, 0.6) is 5.75 Å². The smallest absolute Gasteiger partial charge is 0.264 e. The molecule has 1 atom stereocenters. The van der Waals surface area contributed by atoms with E-state index in [-0.39, 0.29) is 23.0 Å². The quantitative estimate of drug-likeness (QED) is 0.228. The van der Waals surface area contributed by atoms with Crippen LogP contribution in [0.25, 0.3) is 0 Å². The molecule has 0 aromatic heterocycles. The van der Waals surface area contributed by atoms with Crippen molar-refractivity contribution in [2.45, 2.75) is 57.5 Å². The van der Waals surface area contributed by atoms with E-state index in [0.717, 1.165) is 22.7 Å². The summed E-state index contributed by atoms with van der Waals surface area (Å²) < 4.78 is 34.8. The first kappa shape index (κ1) is 32.0. The van der Waals surface area contributed by atoms with Gasteiger partial charge in [0.1, 0.15) is 18.3 Å².